The summed E-state index contributed by atoms with van der Waals surface area (Å²) in [5.74, 6) is 2.70. The Balaban J connectivity index is 0.943. The van der Waals surface area contributed by atoms with Crippen molar-refractivity contribution in [1.82, 2.24) is 34.3 Å². The van der Waals surface area contributed by atoms with Crippen LogP contribution in [-0.2, 0) is 6.54 Å². The number of fused-ring (bicyclic) bond motifs is 3. The predicted molar refractivity (Wildman–Crippen MR) is 167 cm³/mol. The third-order valence-electron chi connectivity index (χ3n) is 9.81. The maximum absolute atomic E-state index is 10.3. The summed E-state index contributed by atoms with van der Waals surface area (Å²) in [6, 6.07) is 12.9. The van der Waals surface area contributed by atoms with Crippen LogP contribution in [0, 0.1) is 17.2 Å². The molecule has 3 atom stereocenters. The lowest BCUT2D eigenvalue weighted by atomic mass is 10.1. The molecule has 1 aliphatic carbocycles. The summed E-state index contributed by atoms with van der Waals surface area (Å²) >= 11 is 0. The van der Waals surface area contributed by atoms with Crippen molar-refractivity contribution in [3.63, 3.8) is 0 Å². The average molecular weight is 608 g/mol. The van der Waals surface area contributed by atoms with Crippen molar-refractivity contribution in [2.75, 3.05) is 71.1 Å². The van der Waals surface area contributed by atoms with Crippen LogP contribution in [0.2, 0.25) is 0 Å². The number of nitrogens with zero attached hydrogens (tertiary/aromatic N) is 9. The van der Waals surface area contributed by atoms with Crippen LogP contribution in [0.4, 0.5) is 5.82 Å². The van der Waals surface area contributed by atoms with E-state index >= 15 is 0 Å². The third kappa shape index (κ3) is 5.46. The van der Waals surface area contributed by atoms with E-state index < -0.39 is 5.60 Å². The zero-order chi connectivity index (χ0) is 30.5. The van der Waals surface area contributed by atoms with Crippen LogP contribution in [0.25, 0.3) is 16.6 Å². The van der Waals surface area contributed by atoms with E-state index in [0.29, 0.717) is 35.8 Å². The molecule has 232 valence electrons. The molecule has 12 heteroatoms. The maximum Gasteiger partial charge on any atom is 0.212 e. The van der Waals surface area contributed by atoms with Crippen LogP contribution in [0.5, 0.6) is 11.6 Å². The van der Waals surface area contributed by atoms with Gasteiger partial charge in [-0.1, -0.05) is 6.07 Å². The standard InChI is InChI=1S/C33H37N9O3/c1-44-31-5-2-23(13-36-31)16-39-18-27-19-40(6-7-41(27)22-39)30-4-3-24(14-35-30)29-10-28(20-42-32(29)25(12-34)15-37-42)45-9-8-38-17-26-11-33(26,43)21-38/h2-5,10,13-15,20,26-27,43H,6-9,11,16-19,21-22H2,1H3. The molecule has 4 aromatic rings. The van der Waals surface area contributed by atoms with E-state index in [-0.39, 0.29) is 0 Å². The van der Waals surface area contributed by atoms with Crippen LogP contribution < -0.4 is 14.4 Å². The summed E-state index contributed by atoms with van der Waals surface area (Å²) in [5.41, 5.74) is 3.75. The number of hydrogen-bond donors (Lipinski definition) is 1. The fraction of sp³-hybridized carbons (Fsp3) is 0.455. The van der Waals surface area contributed by atoms with Gasteiger partial charge in [-0.2, -0.15) is 10.4 Å². The number of β-amino-alcohol motifs (C(OH)–C–C–N with tert-alkyl or cyclic N) is 1. The molecule has 1 saturated carbocycles. The summed E-state index contributed by atoms with van der Waals surface area (Å²) in [6.45, 7) is 8.60. The molecule has 0 radical (unpaired) electrons. The minimum absolute atomic E-state index is 0.420. The monoisotopic (exact) mass is 607 g/mol. The van der Waals surface area contributed by atoms with Gasteiger partial charge in [0.25, 0.3) is 0 Å². The fourth-order valence-electron chi connectivity index (χ4n) is 7.30. The highest BCUT2D eigenvalue weighted by molar-refractivity contribution is 5.85. The summed E-state index contributed by atoms with van der Waals surface area (Å²) in [7, 11) is 1.64. The number of aliphatic hydroxyl groups is 1. The normalized spacial score (nSPS) is 24.9. The number of anilines is 1. The number of piperidine rings is 1. The predicted octanol–water partition coefficient (Wildman–Crippen LogP) is 2.08. The number of hydrogen-bond acceptors (Lipinski definition) is 11. The highest BCUT2D eigenvalue weighted by Crippen LogP contribution is 2.49. The molecule has 12 nitrogen and oxygen atoms in total. The molecular weight excluding hydrogens is 570 g/mol. The van der Waals surface area contributed by atoms with Gasteiger partial charge in [0.05, 0.1) is 42.9 Å². The minimum Gasteiger partial charge on any atom is -0.491 e. The largest absolute Gasteiger partial charge is 0.491 e. The van der Waals surface area contributed by atoms with E-state index in [1.807, 2.05) is 30.7 Å². The number of likely N-dealkylation sites (tertiary alicyclic amines) is 1. The van der Waals surface area contributed by atoms with E-state index in [1.54, 1.807) is 17.8 Å². The molecule has 3 unspecified atom stereocenters. The molecule has 1 N–H and O–H groups in total. The Hall–Kier alpha value is -4.28. The van der Waals surface area contributed by atoms with Crippen molar-refractivity contribution in [3.8, 4) is 28.8 Å². The molecule has 3 aliphatic heterocycles. The molecule has 8 rings (SSSR count). The van der Waals surface area contributed by atoms with E-state index in [4.69, 9.17) is 14.5 Å². The van der Waals surface area contributed by atoms with E-state index in [1.165, 1.54) is 5.56 Å². The van der Waals surface area contributed by atoms with Crippen LogP contribution in [0.3, 0.4) is 0 Å². The highest BCUT2D eigenvalue weighted by atomic mass is 16.5. The number of pyridine rings is 3. The van der Waals surface area contributed by atoms with Crippen LogP contribution in [0.15, 0.2) is 55.1 Å². The van der Waals surface area contributed by atoms with Gasteiger partial charge in [0.2, 0.25) is 5.88 Å². The maximum atomic E-state index is 10.3. The lowest BCUT2D eigenvalue weighted by Crippen LogP contribution is -2.51. The number of rotatable bonds is 9. The lowest BCUT2D eigenvalue weighted by Gasteiger charge is -2.37. The molecular formula is C33H37N9O3. The van der Waals surface area contributed by atoms with Crippen molar-refractivity contribution in [3.05, 3.63) is 66.2 Å². The molecule has 4 aliphatic rings. The van der Waals surface area contributed by atoms with Crippen molar-refractivity contribution < 1.29 is 14.6 Å². The second-order valence-electron chi connectivity index (χ2n) is 12.8. The van der Waals surface area contributed by atoms with Gasteiger partial charge in [-0.25, -0.2) is 14.5 Å². The number of methoxy groups -OCH3 is 1. The SMILES string of the molecule is COc1ccc(CN2CC3CN(c4ccc(-c5cc(OCCN6CC7CC7(O)C6)cn6ncc(C#N)c56)cn4)CCN3C2)cn1. The summed E-state index contributed by atoms with van der Waals surface area (Å²) in [5, 5.41) is 24.6. The second kappa shape index (κ2) is 11.3. The summed E-state index contributed by atoms with van der Waals surface area (Å²) in [4.78, 5) is 18.9. The highest BCUT2D eigenvalue weighted by Gasteiger charge is 2.58. The fourth-order valence-corrected chi connectivity index (χ4v) is 7.30. The van der Waals surface area contributed by atoms with Gasteiger partial charge in [0.1, 0.15) is 24.2 Å². The van der Waals surface area contributed by atoms with Gasteiger partial charge in [-0.3, -0.25) is 14.7 Å². The Labute approximate surface area is 262 Å². The Morgan fingerprint density at radius 1 is 1.07 bits per heavy atom. The Morgan fingerprint density at radius 2 is 2.00 bits per heavy atom. The molecule has 0 amide bonds. The van der Waals surface area contributed by atoms with Crippen LogP contribution >= 0.6 is 0 Å². The van der Waals surface area contributed by atoms with Gasteiger partial charge in [0, 0.05) is 93.9 Å². The van der Waals surface area contributed by atoms with Gasteiger partial charge in [-0.05, 0) is 30.2 Å². The van der Waals surface area contributed by atoms with Gasteiger partial charge < -0.3 is 19.5 Å². The smallest absolute Gasteiger partial charge is 0.212 e. The lowest BCUT2D eigenvalue weighted by molar-refractivity contribution is 0.121. The number of aromatic nitrogens is 4. The first kappa shape index (κ1) is 28.2. The topological polar surface area (TPSA) is 119 Å². The first-order valence-corrected chi connectivity index (χ1v) is 15.6. The molecule has 0 bridgehead atoms. The first-order chi connectivity index (χ1) is 22.0. The molecule has 0 spiro atoms. The zero-order valence-corrected chi connectivity index (χ0v) is 25.4. The molecule has 7 heterocycles. The Morgan fingerprint density at radius 3 is 2.76 bits per heavy atom. The third-order valence-corrected chi connectivity index (χ3v) is 9.81. The average Bonchev–Trinajstić information content (AvgIpc) is 3.40. The van der Waals surface area contributed by atoms with Gasteiger partial charge >= 0.3 is 0 Å². The molecule has 0 aromatic carbocycles. The quantitative estimate of drug-likeness (QED) is 0.301. The molecule has 3 saturated heterocycles. The Kier molecular flexibility index (Phi) is 7.06. The minimum atomic E-state index is -0.463. The van der Waals surface area contributed by atoms with E-state index in [2.05, 4.69) is 54.0 Å². The summed E-state index contributed by atoms with van der Waals surface area (Å²) < 4.78 is 13.1. The Bertz CT molecular complexity index is 1740. The van der Waals surface area contributed by atoms with Gasteiger partial charge in [-0.15, -0.1) is 0 Å². The van der Waals surface area contributed by atoms with Gasteiger partial charge in [0.15, 0.2) is 0 Å². The second-order valence-corrected chi connectivity index (χ2v) is 12.8. The first-order valence-electron chi connectivity index (χ1n) is 15.6. The number of nitriles is 1. The molecule has 45 heavy (non-hydrogen) atoms. The van der Waals surface area contributed by atoms with Crippen LogP contribution in [-0.4, -0.2) is 117 Å². The number of ether oxygens (including phenoxy) is 2. The van der Waals surface area contributed by atoms with Crippen LogP contribution in [0.1, 0.15) is 17.5 Å². The van der Waals surface area contributed by atoms with Crippen molar-refractivity contribution in [1.29, 1.82) is 5.26 Å². The number of piperazine rings is 1. The van der Waals surface area contributed by atoms with Crippen molar-refractivity contribution in [2.24, 2.45) is 5.92 Å². The van der Waals surface area contributed by atoms with Crippen molar-refractivity contribution >= 4 is 11.3 Å². The summed E-state index contributed by atoms with van der Waals surface area (Å²) in [6.07, 6.45) is 8.14. The zero-order valence-electron chi connectivity index (χ0n) is 25.4. The van der Waals surface area contributed by atoms with Crippen molar-refractivity contribution in [2.45, 2.75) is 24.6 Å². The van der Waals surface area contributed by atoms with E-state index in [0.717, 1.165) is 87.9 Å². The molecule has 4 aromatic heterocycles. The van der Waals surface area contributed by atoms with E-state index in [9.17, 15) is 10.4 Å². The molecule has 4 fully saturated rings.